The van der Waals surface area contributed by atoms with Crippen molar-refractivity contribution in [1.82, 2.24) is 0 Å². The zero-order valence-corrected chi connectivity index (χ0v) is 12.0. The second-order valence-electron chi connectivity index (χ2n) is 5.64. The summed E-state index contributed by atoms with van der Waals surface area (Å²) in [5.41, 5.74) is 6.25. The van der Waals surface area contributed by atoms with Crippen LogP contribution in [0.3, 0.4) is 0 Å². The summed E-state index contributed by atoms with van der Waals surface area (Å²) in [5.74, 6) is 0.389. The van der Waals surface area contributed by atoms with Gasteiger partial charge in [-0.05, 0) is 12.3 Å². The third-order valence-electron chi connectivity index (χ3n) is 3.99. The van der Waals surface area contributed by atoms with Gasteiger partial charge < -0.3 is 15.2 Å². The van der Waals surface area contributed by atoms with Gasteiger partial charge in [-0.25, -0.2) is 0 Å². The lowest BCUT2D eigenvalue weighted by molar-refractivity contribution is -0.176. The summed E-state index contributed by atoms with van der Waals surface area (Å²) >= 11 is 2.01. The summed E-state index contributed by atoms with van der Waals surface area (Å²) in [4.78, 5) is 0. The monoisotopic (exact) mass is 259 g/mol. The Bertz CT molecular complexity index is 254. The first-order chi connectivity index (χ1) is 8.02. The summed E-state index contributed by atoms with van der Waals surface area (Å²) in [6, 6.07) is 0.291. The van der Waals surface area contributed by atoms with Crippen molar-refractivity contribution in [1.29, 1.82) is 0 Å². The maximum absolute atomic E-state index is 6.25. The van der Waals surface area contributed by atoms with Gasteiger partial charge in [-0.15, -0.1) is 0 Å². The standard InChI is InChI=1S/C13H25NO2S/c1-9(2)10(3)17-12-8-13(5-4-11(12)14)15-6-7-16-13/h9-12H,4-8,14H2,1-3H3. The van der Waals surface area contributed by atoms with Crippen LogP contribution in [0.15, 0.2) is 0 Å². The van der Waals surface area contributed by atoms with Gasteiger partial charge in [-0.3, -0.25) is 0 Å². The van der Waals surface area contributed by atoms with Crippen molar-refractivity contribution in [3.05, 3.63) is 0 Å². The molecule has 0 radical (unpaired) electrons. The molecule has 3 nitrogen and oxygen atoms in total. The number of rotatable bonds is 3. The summed E-state index contributed by atoms with van der Waals surface area (Å²) in [5, 5.41) is 1.11. The average Bonchev–Trinajstić information content (AvgIpc) is 2.72. The van der Waals surface area contributed by atoms with Crippen LogP contribution in [0.25, 0.3) is 0 Å². The maximum Gasteiger partial charge on any atom is 0.169 e. The minimum Gasteiger partial charge on any atom is -0.347 e. The summed E-state index contributed by atoms with van der Waals surface area (Å²) in [6.07, 6.45) is 2.93. The Morgan fingerprint density at radius 2 is 1.88 bits per heavy atom. The molecule has 0 aromatic rings. The third kappa shape index (κ3) is 3.16. The van der Waals surface area contributed by atoms with Crippen LogP contribution in [0.1, 0.15) is 40.0 Å². The van der Waals surface area contributed by atoms with Crippen molar-refractivity contribution in [2.45, 2.75) is 62.4 Å². The molecule has 17 heavy (non-hydrogen) atoms. The summed E-state index contributed by atoms with van der Waals surface area (Å²) in [6.45, 7) is 8.31. The first-order valence-electron chi connectivity index (χ1n) is 6.71. The molecule has 0 aromatic heterocycles. The molecule has 1 aliphatic heterocycles. The average molecular weight is 259 g/mol. The van der Waals surface area contributed by atoms with E-state index < -0.39 is 0 Å². The molecule has 0 aromatic carbocycles. The van der Waals surface area contributed by atoms with Crippen molar-refractivity contribution < 1.29 is 9.47 Å². The zero-order chi connectivity index (χ0) is 12.5. The highest BCUT2D eigenvalue weighted by molar-refractivity contribution is 8.00. The van der Waals surface area contributed by atoms with E-state index in [1.807, 2.05) is 11.8 Å². The van der Waals surface area contributed by atoms with E-state index >= 15 is 0 Å². The lowest BCUT2D eigenvalue weighted by atomic mass is 9.90. The normalized spacial score (nSPS) is 34.4. The highest BCUT2D eigenvalue weighted by atomic mass is 32.2. The van der Waals surface area contributed by atoms with E-state index in [-0.39, 0.29) is 5.79 Å². The molecule has 1 saturated carbocycles. The SMILES string of the molecule is CC(C)C(C)SC1CC2(CCC1N)OCCO2. The van der Waals surface area contributed by atoms with Gasteiger partial charge in [0.2, 0.25) is 0 Å². The lowest BCUT2D eigenvalue weighted by Crippen LogP contribution is -2.48. The summed E-state index contributed by atoms with van der Waals surface area (Å²) < 4.78 is 11.6. The van der Waals surface area contributed by atoms with E-state index in [0.717, 1.165) is 32.5 Å². The first-order valence-corrected chi connectivity index (χ1v) is 7.66. The van der Waals surface area contributed by atoms with E-state index in [9.17, 15) is 0 Å². The molecule has 2 aliphatic rings. The Kier molecular flexibility index (Phi) is 4.40. The van der Waals surface area contributed by atoms with Crippen LogP contribution in [-0.2, 0) is 9.47 Å². The predicted octanol–water partition coefficient (Wildman–Crippen LogP) is 2.39. The van der Waals surface area contributed by atoms with Crippen LogP contribution in [0.4, 0.5) is 0 Å². The van der Waals surface area contributed by atoms with Crippen LogP contribution in [-0.4, -0.2) is 35.5 Å². The van der Waals surface area contributed by atoms with E-state index in [1.165, 1.54) is 0 Å². The molecule has 0 bridgehead atoms. The van der Waals surface area contributed by atoms with Crippen LogP contribution in [0.5, 0.6) is 0 Å². The van der Waals surface area contributed by atoms with Crippen molar-refractivity contribution in [3.8, 4) is 0 Å². The van der Waals surface area contributed by atoms with E-state index in [0.29, 0.717) is 22.5 Å². The van der Waals surface area contributed by atoms with Gasteiger partial charge in [-0.1, -0.05) is 20.8 Å². The Balaban J connectivity index is 1.95. The fraction of sp³-hybridized carbons (Fsp3) is 1.00. The summed E-state index contributed by atoms with van der Waals surface area (Å²) in [7, 11) is 0. The molecule has 1 saturated heterocycles. The van der Waals surface area contributed by atoms with Crippen LogP contribution in [0.2, 0.25) is 0 Å². The maximum atomic E-state index is 6.25. The number of nitrogens with two attached hydrogens (primary N) is 1. The largest absolute Gasteiger partial charge is 0.347 e. The Labute approximate surface area is 109 Å². The fourth-order valence-electron chi connectivity index (χ4n) is 2.47. The van der Waals surface area contributed by atoms with Crippen LogP contribution < -0.4 is 5.73 Å². The van der Waals surface area contributed by atoms with Gasteiger partial charge in [0.25, 0.3) is 0 Å². The Morgan fingerprint density at radius 1 is 1.24 bits per heavy atom. The van der Waals surface area contributed by atoms with Gasteiger partial charge in [0.05, 0.1) is 13.2 Å². The molecule has 2 fully saturated rings. The molecule has 2 N–H and O–H groups in total. The van der Waals surface area contributed by atoms with Crippen LogP contribution in [0, 0.1) is 5.92 Å². The first kappa shape index (κ1) is 13.7. The Morgan fingerprint density at radius 3 is 2.47 bits per heavy atom. The molecule has 3 atom stereocenters. The quantitative estimate of drug-likeness (QED) is 0.845. The molecule has 2 rings (SSSR count). The molecule has 0 amide bonds. The molecular formula is C13H25NO2S. The van der Waals surface area contributed by atoms with Gasteiger partial charge in [0.15, 0.2) is 5.79 Å². The van der Waals surface area contributed by atoms with Crippen molar-refractivity contribution in [3.63, 3.8) is 0 Å². The van der Waals surface area contributed by atoms with Gasteiger partial charge in [-0.2, -0.15) is 11.8 Å². The van der Waals surface area contributed by atoms with Gasteiger partial charge in [0, 0.05) is 29.4 Å². The molecule has 1 heterocycles. The Hall–Kier alpha value is 0.230. The van der Waals surface area contributed by atoms with Crippen molar-refractivity contribution in [2.75, 3.05) is 13.2 Å². The minimum absolute atomic E-state index is 0.291. The van der Waals surface area contributed by atoms with Crippen LogP contribution >= 0.6 is 11.8 Å². The molecule has 3 unspecified atom stereocenters. The highest BCUT2D eigenvalue weighted by Crippen LogP contribution is 2.41. The fourth-order valence-corrected chi connectivity index (χ4v) is 4.03. The van der Waals surface area contributed by atoms with Gasteiger partial charge in [0.1, 0.15) is 0 Å². The number of hydrogen-bond acceptors (Lipinski definition) is 4. The zero-order valence-electron chi connectivity index (χ0n) is 11.1. The molecular weight excluding hydrogens is 234 g/mol. The van der Waals surface area contributed by atoms with E-state index in [1.54, 1.807) is 0 Å². The number of ether oxygens (including phenoxy) is 2. The smallest absolute Gasteiger partial charge is 0.169 e. The minimum atomic E-state index is -0.301. The topological polar surface area (TPSA) is 44.5 Å². The predicted molar refractivity (Wildman–Crippen MR) is 72.1 cm³/mol. The second kappa shape index (κ2) is 5.47. The third-order valence-corrected chi connectivity index (χ3v) is 5.83. The number of hydrogen-bond donors (Lipinski definition) is 1. The molecule has 1 aliphatic carbocycles. The van der Waals surface area contributed by atoms with E-state index in [4.69, 9.17) is 15.2 Å². The second-order valence-corrected chi connectivity index (χ2v) is 7.26. The van der Waals surface area contributed by atoms with Gasteiger partial charge >= 0.3 is 0 Å². The highest BCUT2D eigenvalue weighted by Gasteiger charge is 2.44. The molecule has 1 spiro atoms. The lowest BCUT2D eigenvalue weighted by Gasteiger charge is -2.40. The number of thioether (sulfide) groups is 1. The van der Waals surface area contributed by atoms with E-state index in [2.05, 4.69) is 20.8 Å². The van der Waals surface area contributed by atoms with Crippen molar-refractivity contribution >= 4 is 11.8 Å². The molecule has 100 valence electrons. The molecule has 4 heteroatoms. The van der Waals surface area contributed by atoms with Crippen molar-refractivity contribution in [2.24, 2.45) is 11.7 Å².